The van der Waals surface area contributed by atoms with Gasteiger partial charge in [0.1, 0.15) is 0 Å². The minimum atomic E-state index is -0.286. The summed E-state index contributed by atoms with van der Waals surface area (Å²) in [5.74, 6) is -0.178. The van der Waals surface area contributed by atoms with Gasteiger partial charge in [0.25, 0.3) is 5.91 Å². The Hall–Kier alpha value is -1.72. The number of amides is 2. The molecular weight excluding hydrogens is 254 g/mol. The lowest BCUT2D eigenvalue weighted by Crippen LogP contribution is -2.51. The van der Waals surface area contributed by atoms with Crippen molar-refractivity contribution in [2.45, 2.75) is 19.4 Å². The quantitative estimate of drug-likeness (QED) is 0.799. The van der Waals surface area contributed by atoms with Gasteiger partial charge in [-0.1, -0.05) is 17.7 Å². The summed E-state index contributed by atoms with van der Waals surface area (Å²) in [7, 11) is 0. The van der Waals surface area contributed by atoms with Gasteiger partial charge in [-0.2, -0.15) is 0 Å². The topological polar surface area (TPSA) is 52.7 Å². The van der Waals surface area contributed by atoms with Crippen molar-refractivity contribution in [1.29, 1.82) is 0 Å². The average molecular weight is 273 g/mol. The van der Waals surface area contributed by atoms with Gasteiger partial charge in [-0.05, 0) is 19.1 Å². The fourth-order valence-corrected chi connectivity index (χ4v) is 2.86. The van der Waals surface area contributed by atoms with Gasteiger partial charge in [0.15, 0.2) is 0 Å². The number of imide groups is 1. The van der Waals surface area contributed by atoms with E-state index in [2.05, 4.69) is 10.2 Å². The number of carbonyl (C=O) groups excluding carboxylic acids is 2. The number of nitrogens with zero attached hydrogens (tertiary/aromatic N) is 2. The maximum absolute atomic E-state index is 12.5. The fraction of sp³-hybridized carbons (Fsp3) is 0.467. The summed E-state index contributed by atoms with van der Waals surface area (Å²) in [5, 5.41) is 3.26. The van der Waals surface area contributed by atoms with Crippen LogP contribution in [-0.4, -0.2) is 48.9 Å². The first-order chi connectivity index (χ1) is 9.66. The van der Waals surface area contributed by atoms with Crippen LogP contribution in [0.1, 0.15) is 12.0 Å². The number of hydrogen-bond donors (Lipinski definition) is 1. The molecule has 5 heteroatoms. The van der Waals surface area contributed by atoms with Crippen LogP contribution in [0.3, 0.4) is 0 Å². The molecule has 5 nitrogen and oxygen atoms in total. The van der Waals surface area contributed by atoms with Gasteiger partial charge in [0.2, 0.25) is 5.91 Å². The number of nitrogens with one attached hydrogen (secondary N) is 1. The Morgan fingerprint density at radius 1 is 1.10 bits per heavy atom. The number of carbonyl (C=O) groups is 2. The molecule has 0 bridgehead atoms. The Labute approximate surface area is 118 Å². The van der Waals surface area contributed by atoms with Crippen molar-refractivity contribution in [3.8, 4) is 0 Å². The molecule has 1 atom stereocenters. The smallest absolute Gasteiger partial charge is 0.251 e. The van der Waals surface area contributed by atoms with Crippen molar-refractivity contribution >= 4 is 17.5 Å². The molecule has 2 heterocycles. The van der Waals surface area contributed by atoms with Crippen LogP contribution in [0.25, 0.3) is 0 Å². The summed E-state index contributed by atoms with van der Waals surface area (Å²) in [6.07, 6.45) is 0.298. The number of aryl methyl sites for hydroxylation is 1. The van der Waals surface area contributed by atoms with Gasteiger partial charge in [-0.3, -0.25) is 14.5 Å². The lowest BCUT2D eigenvalue weighted by Gasteiger charge is -2.31. The Balaban J connectivity index is 1.81. The van der Waals surface area contributed by atoms with Crippen LogP contribution in [0.4, 0.5) is 5.69 Å². The first-order valence-corrected chi connectivity index (χ1v) is 7.05. The molecule has 0 saturated carbocycles. The van der Waals surface area contributed by atoms with Crippen molar-refractivity contribution in [3.63, 3.8) is 0 Å². The van der Waals surface area contributed by atoms with Crippen molar-refractivity contribution in [2.24, 2.45) is 0 Å². The molecule has 2 aliphatic heterocycles. The normalized spacial score (nSPS) is 24.4. The molecule has 1 N–H and O–H groups in total. The predicted octanol–water partition coefficient (Wildman–Crippen LogP) is 0.532. The van der Waals surface area contributed by atoms with Crippen LogP contribution in [0.5, 0.6) is 0 Å². The van der Waals surface area contributed by atoms with Crippen LogP contribution in [0.2, 0.25) is 0 Å². The molecule has 0 aliphatic carbocycles. The molecule has 2 fully saturated rings. The summed E-state index contributed by atoms with van der Waals surface area (Å²) >= 11 is 0. The summed E-state index contributed by atoms with van der Waals surface area (Å²) in [6.45, 7) is 5.39. The van der Waals surface area contributed by atoms with E-state index in [1.54, 1.807) is 0 Å². The van der Waals surface area contributed by atoms with Gasteiger partial charge < -0.3 is 5.32 Å². The van der Waals surface area contributed by atoms with Crippen molar-refractivity contribution < 1.29 is 9.59 Å². The highest BCUT2D eigenvalue weighted by atomic mass is 16.2. The van der Waals surface area contributed by atoms with E-state index in [4.69, 9.17) is 0 Å². The number of hydrogen-bond acceptors (Lipinski definition) is 4. The molecular formula is C15H19N3O2. The molecule has 2 saturated heterocycles. The molecule has 2 aliphatic rings. The van der Waals surface area contributed by atoms with Crippen LogP contribution < -0.4 is 10.2 Å². The highest BCUT2D eigenvalue weighted by Crippen LogP contribution is 2.26. The van der Waals surface area contributed by atoms with Crippen molar-refractivity contribution in [3.05, 3.63) is 29.8 Å². The van der Waals surface area contributed by atoms with Gasteiger partial charge in [-0.25, -0.2) is 4.90 Å². The van der Waals surface area contributed by atoms with E-state index in [0.717, 1.165) is 31.7 Å². The Morgan fingerprint density at radius 3 is 2.40 bits per heavy atom. The Bertz CT molecular complexity index is 520. The third kappa shape index (κ3) is 2.34. The van der Waals surface area contributed by atoms with E-state index in [9.17, 15) is 9.59 Å². The monoisotopic (exact) mass is 273 g/mol. The molecule has 1 aromatic carbocycles. The molecule has 2 amide bonds. The van der Waals surface area contributed by atoms with E-state index in [1.807, 2.05) is 31.2 Å². The zero-order chi connectivity index (χ0) is 14.1. The minimum Gasteiger partial charge on any atom is -0.314 e. The van der Waals surface area contributed by atoms with Gasteiger partial charge in [0.05, 0.1) is 18.2 Å². The molecule has 0 aromatic heterocycles. The average Bonchev–Trinajstić information content (AvgIpc) is 2.76. The highest BCUT2D eigenvalue weighted by molar-refractivity contribution is 6.22. The second-order valence-corrected chi connectivity index (χ2v) is 5.41. The zero-order valence-corrected chi connectivity index (χ0v) is 11.6. The number of benzene rings is 1. The molecule has 0 radical (unpaired) electrons. The van der Waals surface area contributed by atoms with E-state index in [1.165, 1.54) is 4.90 Å². The largest absolute Gasteiger partial charge is 0.314 e. The summed E-state index contributed by atoms with van der Waals surface area (Å²) in [6, 6.07) is 7.24. The Morgan fingerprint density at radius 2 is 1.75 bits per heavy atom. The SMILES string of the molecule is Cc1ccc(N2C(=O)CC(N3CCNCC3)C2=O)cc1. The van der Waals surface area contributed by atoms with Crippen LogP contribution in [0.15, 0.2) is 24.3 Å². The van der Waals surface area contributed by atoms with E-state index in [-0.39, 0.29) is 17.9 Å². The first-order valence-electron chi connectivity index (χ1n) is 7.05. The lowest BCUT2D eigenvalue weighted by atomic mass is 10.2. The summed E-state index contributed by atoms with van der Waals surface area (Å²) < 4.78 is 0. The standard InChI is InChI=1S/C15H19N3O2/c1-11-2-4-12(5-3-11)18-14(19)10-13(15(18)20)17-8-6-16-7-9-17/h2-5,13,16H,6-10H2,1H3. The second kappa shape index (κ2) is 5.34. The maximum Gasteiger partial charge on any atom is 0.251 e. The third-order valence-electron chi connectivity index (χ3n) is 4.01. The van der Waals surface area contributed by atoms with E-state index < -0.39 is 0 Å². The molecule has 1 unspecified atom stereocenters. The van der Waals surface area contributed by atoms with Gasteiger partial charge >= 0.3 is 0 Å². The maximum atomic E-state index is 12.5. The van der Waals surface area contributed by atoms with Gasteiger partial charge in [0, 0.05) is 26.2 Å². The molecule has 3 rings (SSSR count). The van der Waals surface area contributed by atoms with Crippen LogP contribution >= 0.6 is 0 Å². The molecule has 0 spiro atoms. The minimum absolute atomic E-state index is 0.0826. The van der Waals surface area contributed by atoms with Crippen LogP contribution in [0, 0.1) is 6.92 Å². The first kappa shape index (κ1) is 13.3. The molecule has 1 aromatic rings. The third-order valence-corrected chi connectivity index (χ3v) is 4.01. The van der Waals surface area contributed by atoms with Crippen LogP contribution in [-0.2, 0) is 9.59 Å². The molecule has 106 valence electrons. The highest BCUT2D eigenvalue weighted by Gasteiger charge is 2.42. The van der Waals surface area contributed by atoms with Crippen molar-refractivity contribution in [1.82, 2.24) is 10.2 Å². The number of piperazine rings is 1. The molecule has 20 heavy (non-hydrogen) atoms. The lowest BCUT2D eigenvalue weighted by molar-refractivity contribution is -0.123. The second-order valence-electron chi connectivity index (χ2n) is 5.41. The zero-order valence-electron chi connectivity index (χ0n) is 11.6. The van der Waals surface area contributed by atoms with Crippen molar-refractivity contribution in [2.75, 3.05) is 31.1 Å². The summed E-state index contributed by atoms with van der Waals surface area (Å²) in [4.78, 5) is 28.2. The van der Waals surface area contributed by atoms with E-state index in [0.29, 0.717) is 12.1 Å². The fourth-order valence-electron chi connectivity index (χ4n) is 2.86. The summed E-state index contributed by atoms with van der Waals surface area (Å²) in [5.41, 5.74) is 1.80. The Kier molecular flexibility index (Phi) is 3.54. The van der Waals surface area contributed by atoms with E-state index >= 15 is 0 Å². The number of rotatable bonds is 2. The predicted molar refractivity (Wildman–Crippen MR) is 76.5 cm³/mol. The number of anilines is 1. The van der Waals surface area contributed by atoms with Gasteiger partial charge in [-0.15, -0.1) is 0 Å².